The van der Waals surface area contributed by atoms with Crippen molar-refractivity contribution in [3.05, 3.63) is 78.1 Å². The Hall–Kier alpha value is -3.54. The molecule has 1 amide bonds. The van der Waals surface area contributed by atoms with Gasteiger partial charge >= 0.3 is 0 Å². The summed E-state index contributed by atoms with van der Waals surface area (Å²) >= 11 is 0. The van der Waals surface area contributed by atoms with Gasteiger partial charge in [0.1, 0.15) is 12.4 Å². The van der Waals surface area contributed by atoms with Crippen LogP contribution in [0.3, 0.4) is 0 Å². The summed E-state index contributed by atoms with van der Waals surface area (Å²) in [4.78, 5) is 16.4. The van der Waals surface area contributed by atoms with Crippen LogP contribution >= 0.6 is 0 Å². The number of aromatic nitrogens is 1. The largest absolute Gasteiger partial charge is 0.493 e. The summed E-state index contributed by atoms with van der Waals surface area (Å²) in [6.45, 7) is 6.71. The lowest BCUT2D eigenvalue weighted by Crippen LogP contribution is -2.20. The zero-order valence-electron chi connectivity index (χ0n) is 18.3. The third-order valence-corrected chi connectivity index (χ3v) is 4.65. The lowest BCUT2D eigenvalue weighted by molar-refractivity contribution is -0.118. The number of methoxy groups -OCH3 is 1. The maximum Gasteiger partial charge on any atom is 0.262 e. The number of nitrogens with one attached hydrogen (secondary N) is 1. The minimum Gasteiger partial charge on any atom is -0.493 e. The SMILES string of the molecule is COc1ccc(NC(=O)COc2ccc(C(C)(C)C)cc2)cc1OCc1cccnc1. The number of rotatable bonds is 8. The molecule has 0 saturated carbocycles. The minimum atomic E-state index is -0.261. The Labute approximate surface area is 183 Å². The first-order valence-corrected chi connectivity index (χ1v) is 10.1. The van der Waals surface area contributed by atoms with Gasteiger partial charge in [-0.2, -0.15) is 0 Å². The molecule has 1 heterocycles. The molecule has 0 spiro atoms. The van der Waals surface area contributed by atoms with Crippen LogP contribution in [0.4, 0.5) is 5.69 Å². The van der Waals surface area contributed by atoms with E-state index in [1.54, 1.807) is 37.7 Å². The van der Waals surface area contributed by atoms with Crippen molar-refractivity contribution in [2.75, 3.05) is 19.0 Å². The first-order valence-electron chi connectivity index (χ1n) is 10.1. The van der Waals surface area contributed by atoms with Gasteiger partial charge in [0.05, 0.1) is 7.11 Å². The molecule has 0 radical (unpaired) electrons. The Morgan fingerprint density at radius 2 is 1.77 bits per heavy atom. The molecule has 0 bridgehead atoms. The average molecular weight is 421 g/mol. The number of carbonyl (C=O) groups is 1. The standard InChI is InChI=1S/C25H28N2O4/c1-25(2,3)19-7-10-21(11-8-19)30-17-24(28)27-20-9-12-22(29-4)23(14-20)31-16-18-6-5-13-26-15-18/h5-15H,16-17H2,1-4H3,(H,27,28). The fourth-order valence-corrected chi connectivity index (χ4v) is 2.91. The fraction of sp³-hybridized carbons (Fsp3) is 0.280. The molecule has 6 heteroatoms. The molecule has 3 rings (SSSR count). The molecule has 1 aromatic heterocycles. The highest BCUT2D eigenvalue weighted by Gasteiger charge is 2.13. The van der Waals surface area contributed by atoms with E-state index in [-0.39, 0.29) is 17.9 Å². The highest BCUT2D eigenvalue weighted by atomic mass is 16.5. The Balaban J connectivity index is 1.58. The molecule has 2 aromatic carbocycles. The van der Waals surface area contributed by atoms with Crippen molar-refractivity contribution >= 4 is 11.6 Å². The lowest BCUT2D eigenvalue weighted by Gasteiger charge is -2.19. The lowest BCUT2D eigenvalue weighted by atomic mass is 9.87. The number of nitrogens with zero attached hydrogens (tertiary/aromatic N) is 1. The van der Waals surface area contributed by atoms with Crippen molar-refractivity contribution in [2.45, 2.75) is 32.8 Å². The van der Waals surface area contributed by atoms with E-state index in [0.717, 1.165) is 5.56 Å². The van der Waals surface area contributed by atoms with Gasteiger partial charge in [0.15, 0.2) is 18.1 Å². The number of hydrogen-bond acceptors (Lipinski definition) is 5. The van der Waals surface area contributed by atoms with E-state index >= 15 is 0 Å². The Morgan fingerprint density at radius 3 is 2.42 bits per heavy atom. The van der Waals surface area contributed by atoms with Crippen molar-refractivity contribution < 1.29 is 19.0 Å². The summed E-state index contributed by atoms with van der Waals surface area (Å²) in [5, 5.41) is 2.83. The highest BCUT2D eigenvalue weighted by Crippen LogP contribution is 2.31. The summed E-state index contributed by atoms with van der Waals surface area (Å²) in [5.74, 6) is 1.50. The van der Waals surface area contributed by atoms with Crippen LogP contribution in [0.15, 0.2) is 67.0 Å². The average Bonchev–Trinajstić information content (AvgIpc) is 2.77. The maximum atomic E-state index is 12.3. The van der Waals surface area contributed by atoms with Gasteiger partial charge in [-0.25, -0.2) is 0 Å². The van der Waals surface area contributed by atoms with Gasteiger partial charge in [0, 0.05) is 29.7 Å². The second-order valence-corrected chi connectivity index (χ2v) is 8.13. The normalized spacial score (nSPS) is 11.0. The van der Waals surface area contributed by atoms with Crippen LogP contribution in [0.5, 0.6) is 17.2 Å². The first-order chi connectivity index (χ1) is 14.8. The van der Waals surface area contributed by atoms with E-state index in [1.165, 1.54) is 5.56 Å². The number of hydrogen-bond donors (Lipinski definition) is 1. The van der Waals surface area contributed by atoms with Crippen LogP contribution in [-0.2, 0) is 16.8 Å². The third-order valence-electron chi connectivity index (χ3n) is 4.65. The summed E-state index contributed by atoms with van der Waals surface area (Å²) in [6, 6.07) is 16.8. The van der Waals surface area contributed by atoms with E-state index in [4.69, 9.17) is 14.2 Å². The minimum absolute atomic E-state index is 0.0705. The van der Waals surface area contributed by atoms with E-state index in [0.29, 0.717) is 29.5 Å². The van der Waals surface area contributed by atoms with Crippen molar-refractivity contribution in [3.63, 3.8) is 0 Å². The number of benzene rings is 2. The topological polar surface area (TPSA) is 69.7 Å². The number of carbonyl (C=O) groups excluding carboxylic acids is 1. The van der Waals surface area contributed by atoms with Gasteiger partial charge in [-0.05, 0) is 41.3 Å². The van der Waals surface area contributed by atoms with Crippen molar-refractivity contribution in [1.82, 2.24) is 4.98 Å². The zero-order chi connectivity index (χ0) is 22.3. The molecule has 0 aliphatic heterocycles. The molecular formula is C25H28N2O4. The van der Waals surface area contributed by atoms with Gasteiger partial charge in [-0.3, -0.25) is 9.78 Å². The van der Waals surface area contributed by atoms with Crippen LogP contribution in [0.1, 0.15) is 31.9 Å². The van der Waals surface area contributed by atoms with Gasteiger partial charge in [0.2, 0.25) is 0 Å². The molecule has 31 heavy (non-hydrogen) atoms. The summed E-state index contributed by atoms with van der Waals surface area (Å²) in [7, 11) is 1.57. The van der Waals surface area contributed by atoms with E-state index in [1.807, 2.05) is 36.4 Å². The number of anilines is 1. The molecule has 0 atom stereocenters. The number of amides is 1. The molecule has 6 nitrogen and oxygen atoms in total. The van der Waals surface area contributed by atoms with Gasteiger partial charge < -0.3 is 19.5 Å². The second kappa shape index (κ2) is 9.98. The van der Waals surface area contributed by atoms with Crippen molar-refractivity contribution in [1.29, 1.82) is 0 Å². The maximum absolute atomic E-state index is 12.3. The molecule has 0 aliphatic carbocycles. The Morgan fingerprint density at radius 1 is 1.00 bits per heavy atom. The van der Waals surface area contributed by atoms with Crippen molar-refractivity contribution in [2.24, 2.45) is 0 Å². The van der Waals surface area contributed by atoms with Gasteiger partial charge in [-0.15, -0.1) is 0 Å². The molecule has 3 aromatic rings. The van der Waals surface area contributed by atoms with Crippen LogP contribution in [0.25, 0.3) is 0 Å². The summed E-state index contributed by atoms with van der Waals surface area (Å²) < 4.78 is 16.8. The van der Waals surface area contributed by atoms with Crippen LogP contribution in [0, 0.1) is 0 Å². The number of ether oxygens (including phenoxy) is 3. The monoisotopic (exact) mass is 420 g/mol. The quantitative estimate of drug-likeness (QED) is 0.556. The summed E-state index contributed by atoms with van der Waals surface area (Å²) in [6.07, 6.45) is 3.45. The molecule has 0 fully saturated rings. The second-order valence-electron chi connectivity index (χ2n) is 8.13. The van der Waals surface area contributed by atoms with Crippen molar-refractivity contribution in [3.8, 4) is 17.2 Å². The predicted molar refractivity (Wildman–Crippen MR) is 121 cm³/mol. The van der Waals surface area contributed by atoms with E-state index < -0.39 is 0 Å². The van der Waals surface area contributed by atoms with Crippen LogP contribution < -0.4 is 19.5 Å². The zero-order valence-corrected chi connectivity index (χ0v) is 18.3. The summed E-state index contributed by atoms with van der Waals surface area (Å²) in [5.41, 5.74) is 2.81. The molecule has 0 unspecified atom stereocenters. The number of pyridine rings is 1. The Bertz CT molecular complexity index is 996. The van der Waals surface area contributed by atoms with E-state index in [2.05, 4.69) is 31.1 Å². The predicted octanol–water partition coefficient (Wildman–Crippen LogP) is 4.98. The highest BCUT2D eigenvalue weighted by molar-refractivity contribution is 5.92. The Kier molecular flexibility index (Phi) is 7.13. The smallest absolute Gasteiger partial charge is 0.262 e. The molecule has 0 aliphatic rings. The van der Waals surface area contributed by atoms with E-state index in [9.17, 15) is 4.79 Å². The first kappa shape index (κ1) is 22.2. The molecular weight excluding hydrogens is 392 g/mol. The third kappa shape index (κ3) is 6.47. The van der Waals surface area contributed by atoms with Gasteiger partial charge in [0.25, 0.3) is 5.91 Å². The van der Waals surface area contributed by atoms with Crippen LogP contribution in [-0.4, -0.2) is 24.6 Å². The molecule has 0 saturated heterocycles. The molecule has 162 valence electrons. The van der Waals surface area contributed by atoms with Gasteiger partial charge in [-0.1, -0.05) is 39.0 Å². The van der Waals surface area contributed by atoms with Crippen LogP contribution in [0.2, 0.25) is 0 Å². The fourth-order valence-electron chi connectivity index (χ4n) is 2.91. The molecule has 1 N–H and O–H groups in total.